The average molecular weight is 255 g/mol. The number of benzene rings is 1. The number of nitriles is 1. The maximum atomic E-state index is 8.72. The highest BCUT2D eigenvalue weighted by molar-refractivity contribution is 5.39. The fourth-order valence-corrected chi connectivity index (χ4v) is 1.77. The summed E-state index contributed by atoms with van der Waals surface area (Å²) in [7, 11) is 0. The lowest BCUT2D eigenvalue weighted by atomic mass is 10.1. The van der Waals surface area contributed by atoms with Gasteiger partial charge in [0.15, 0.2) is 0 Å². The summed E-state index contributed by atoms with van der Waals surface area (Å²) in [4.78, 5) is 3.90. The lowest BCUT2D eigenvalue weighted by Gasteiger charge is -2.11. The van der Waals surface area contributed by atoms with Gasteiger partial charge < -0.3 is 5.32 Å². The van der Waals surface area contributed by atoms with Crippen LogP contribution in [0.4, 0.5) is 0 Å². The van der Waals surface area contributed by atoms with Gasteiger partial charge in [0.2, 0.25) is 0 Å². The monoisotopic (exact) mass is 255 g/mol. The summed E-state index contributed by atoms with van der Waals surface area (Å²) in [6.45, 7) is 7.18. The van der Waals surface area contributed by atoms with Gasteiger partial charge in [0.25, 0.3) is 5.82 Å². The van der Waals surface area contributed by atoms with E-state index in [1.54, 1.807) is 11.0 Å². The molecular formula is C14H17N5. The van der Waals surface area contributed by atoms with E-state index in [4.69, 9.17) is 5.26 Å². The number of hydrogen-bond donors (Lipinski definition) is 1. The van der Waals surface area contributed by atoms with Gasteiger partial charge in [-0.3, -0.25) is 0 Å². The fraction of sp³-hybridized carbons (Fsp3) is 0.357. The van der Waals surface area contributed by atoms with Crippen molar-refractivity contribution in [2.45, 2.75) is 33.4 Å². The smallest absolute Gasteiger partial charge is 0.252 e. The average Bonchev–Trinajstić information content (AvgIpc) is 2.85. The predicted molar refractivity (Wildman–Crippen MR) is 72.8 cm³/mol. The van der Waals surface area contributed by atoms with Crippen molar-refractivity contribution in [2.75, 3.05) is 0 Å². The second-order valence-corrected chi connectivity index (χ2v) is 4.77. The van der Waals surface area contributed by atoms with Crippen LogP contribution in [0.25, 0.3) is 5.69 Å². The van der Waals surface area contributed by atoms with E-state index in [2.05, 4.69) is 42.2 Å². The highest BCUT2D eigenvalue weighted by Gasteiger charge is 2.05. The van der Waals surface area contributed by atoms with Gasteiger partial charge in [0.1, 0.15) is 12.4 Å². The van der Waals surface area contributed by atoms with Crippen LogP contribution in [0.3, 0.4) is 0 Å². The summed E-state index contributed by atoms with van der Waals surface area (Å²) in [5.74, 6) is 0.184. The number of rotatable bonds is 4. The molecule has 1 aromatic heterocycles. The largest absolute Gasteiger partial charge is 0.310 e. The maximum Gasteiger partial charge on any atom is 0.252 e. The molecule has 0 radical (unpaired) electrons. The van der Waals surface area contributed by atoms with Crippen molar-refractivity contribution in [1.29, 1.82) is 5.26 Å². The lowest BCUT2D eigenvalue weighted by molar-refractivity contribution is 0.587. The van der Waals surface area contributed by atoms with Gasteiger partial charge >= 0.3 is 0 Å². The standard InChI is InChI=1S/C14H17N5/c1-10(2)16-8-12-4-5-13(6-11(12)3)19-9-17-14(7-15)18-19/h4-6,9-10,16H,8H2,1-3H3. The molecule has 1 heterocycles. The van der Waals surface area contributed by atoms with E-state index in [-0.39, 0.29) is 5.82 Å². The molecule has 0 spiro atoms. The third-order valence-electron chi connectivity index (χ3n) is 2.88. The molecule has 0 fully saturated rings. The summed E-state index contributed by atoms with van der Waals surface area (Å²) in [5, 5.41) is 16.2. The molecule has 0 unspecified atom stereocenters. The van der Waals surface area contributed by atoms with Gasteiger partial charge in [-0.2, -0.15) is 5.26 Å². The Balaban J connectivity index is 2.21. The normalized spacial score (nSPS) is 10.7. The summed E-state index contributed by atoms with van der Waals surface area (Å²) in [6, 6.07) is 8.50. The van der Waals surface area contributed by atoms with E-state index >= 15 is 0 Å². The molecule has 5 heteroatoms. The molecule has 98 valence electrons. The Kier molecular flexibility index (Phi) is 3.93. The summed E-state index contributed by atoms with van der Waals surface area (Å²) < 4.78 is 1.62. The molecule has 2 aromatic rings. The Bertz CT molecular complexity index is 607. The molecule has 0 aliphatic rings. The topological polar surface area (TPSA) is 66.5 Å². The van der Waals surface area contributed by atoms with Crippen LogP contribution >= 0.6 is 0 Å². The van der Waals surface area contributed by atoms with Gasteiger partial charge in [-0.1, -0.05) is 19.9 Å². The fourth-order valence-electron chi connectivity index (χ4n) is 1.77. The quantitative estimate of drug-likeness (QED) is 0.906. The highest BCUT2D eigenvalue weighted by atomic mass is 15.3. The zero-order chi connectivity index (χ0) is 13.8. The first-order chi connectivity index (χ1) is 9.10. The zero-order valence-corrected chi connectivity index (χ0v) is 11.4. The SMILES string of the molecule is Cc1cc(-n2cnc(C#N)n2)ccc1CNC(C)C. The number of aryl methyl sites for hydroxylation is 1. The lowest BCUT2D eigenvalue weighted by Crippen LogP contribution is -2.22. The van der Waals surface area contributed by atoms with Crippen LogP contribution in [0.15, 0.2) is 24.5 Å². The van der Waals surface area contributed by atoms with E-state index in [9.17, 15) is 0 Å². The van der Waals surface area contributed by atoms with Crippen molar-refractivity contribution >= 4 is 0 Å². The number of nitrogens with zero attached hydrogens (tertiary/aromatic N) is 4. The van der Waals surface area contributed by atoms with E-state index in [1.165, 1.54) is 11.1 Å². The van der Waals surface area contributed by atoms with Gasteiger partial charge in [-0.25, -0.2) is 9.67 Å². The Morgan fingerprint density at radius 3 is 2.79 bits per heavy atom. The van der Waals surface area contributed by atoms with Crippen LogP contribution < -0.4 is 5.32 Å². The molecule has 5 nitrogen and oxygen atoms in total. The van der Waals surface area contributed by atoms with Gasteiger partial charge in [0, 0.05) is 12.6 Å². The van der Waals surface area contributed by atoms with Crippen LogP contribution in [0.2, 0.25) is 0 Å². The first-order valence-corrected chi connectivity index (χ1v) is 6.25. The Hall–Kier alpha value is -2.19. The molecule has 2 rings (SSSR count). The van der Waals surface area contributed by atoms with Crippen LogP contribution in [0, 0.1) is 18.3 Å². The number of aromatic nitrogens is 3. The van der Waals surface area contributed by atoms with Crippen molar-refractivity contribution in [3.05, 3.63) is 41.5 Å². The molecule has 1 N–H and O–H groups in total. The predicted octanol–water partition coefficient (Wildman–Crippen LogP) is 1.95. The van der Waals surface area contributed by atoms with Gasteiger partial charge in [-0.05, 0) is 30.2 Å². The molecule has 0 atom stereocenters. The minimum Gasteiger partial charge on any atom is -0.310 e. The molecule has 0 aliphatic heterocycles. The molecule has 0 saturated heterocycles. The van der Waals surface area contributed by atoms with Gasteiger partial charge in [0.05, 0.1) is 5.69 Å². The maximum absolute atomic E-state index is 8.72. The molecule has 0 bridgehead atoms. The minimum atomic E-state index is 0.184. The second kappa shape index (κ2) is 5.63. The molecule has 19 heavy (non-hydrogen) atoms. The Labute approximate surface area is 112 Å². The first-order valence-electron chi connectivity index (χ1n) is 6.25. The summed E-state index contributed by atoms with van der Waals surface area (Å²) in [5.41, 5.74) is 3.37. The molecular weight excluding hydrogens is 238 g/mol. The van der Waals surface area contributed by atoms with Crippen molar-refractivity contribution < 1.29 is 0 Å². The Morgan fingerprint density at radius 1 is 1.42 bits per heavy atom. The third-order valence-corrected chi connectivity index (χ3v) is 2.88. The van der Waals surface area contributed by atoms with Crippen molar-refractivity contribution in [2.24, 2.45) is 0 Å². The van der Waals surface area contributed by atoms with Crippen LogP contribution in [-0.4, -0.2) is 20.8 Å². The van der Waals surface area contributed by atoms with E-state index in [1.807, 2.05) is 18.2 Å². The van der Waals surface area contributed by atoms with Crippen molar-refractivity contribution in [3.8, 4) is 11.8 Å². The second-order valence-electron chi connectivity index (χ2n) is 4.77. The highest BCUT2D eigenvalue weighted by Crippen LogP contribution is 2.14. The third kappa shape index (κ3) is 3.18. The number of nitrogens with one attached hydrogen (secondary N) is 1. The van der Waals surface area contributed by atoms with Crippen LogP contribution in [-0.2, 0) is 6.54 Å². The number of hydrogen-bond acceptors (Lipinski definition) is 4. The molecule has 0 aliphatic carbocycles. The van der Waals surface area contributed by atoms with Crippen LogP contribution in [0.5, 0.6) is 0 Å². The first kappa shape index (κ1) is 13.2. The summed E-state index contributed by atoms with van der Waals surface area (Å²) >= 11 is 0. The van der Waals surface area contributed by atoms with Crippen molar-refractivity contribution in [1.82, 2.24) is 20.1 Å². The molecule has 0 saturated carbocycles. The van der Waals surface area contributed by atoms with E-state index in [0.717, 1.165) is 12.2 Å². The minimum absolute atomic E-state index is 0.184. The van der Waals surface area contributed by atoms with Gasteiger partial charge in [-0.15, -0.1) is 5.10 Å². The van der Waals surface area contributed by atoms with Crippen LogP contribution in [0.1, 0.15) is 30.8 Å². The summed E-state index contributed by atoms with van der Waals surface area (Å²) in [6.07, 6.45) is 1.55. The molecule has 1 aromatic carbocycles. The Morgan fingerprint density at radius 2 is 2.21 bits per heavy atom. The zero-order valence-electron chi connectivity index (χ0n) is 11.4. The molecule has 0 amide bonds. The van der Waals surface area contributed by atoms with E-state index < -0.39 is 0 Å². The van der Waals surface area contributed by atoms with Crippen molar-refractivity contribution in [3.63, 3.8) is 0 Å². The van der Waals surface area contributed by atoms with E-state index in [0.29, 0.717) is 6.04 Å².